The van der Waals surface area contributed by atoms with Gasteiger partial charge in [-0.2, -0.15) is 22.7 Å². The van der Waals surface area contributed by atoms with Gasteiger partial charge < -0.3 is 5.53 Å². The quantitative estimate of drug-likeness (QED) is 0.235. The van der Waals surface area contributed by atoms with Gasteiger partial charge in [-0.15, -0.1) is 0 Å². The number of aryl methyl sites for hydroxylation is 1. The largest absolute Gasteiger partial charge is 0.416 e. The van der Waals surface area contributed by atoms with Gasteiger partial charge in [0.1, 0.15) is 0 Å². The van der Waals surface area contributed by atoms with E-state index < -0.39 is 39.3 Å². The van der Waals surface area contributed by atoms with Crippen molar-refractivity contribution in [3.8, 4) is 0 Å². The second-order valence-electron chi connectivity index (χ2n) is 7.17. The highest BCUT2D eigenvalue weighted by atomic mass is 32.2. The Morgan fingerprint density at radius 3 is 2.18 bits per heavy atom. The van der Waals surface area contributed by atoms with E-state index in [0.717, 1.165) is 17.7 Å². The summed E-state index contributed by atoms with van der Waals surface area (Å²) in [6.07, 6.45) is -4.71. The molecule has 33 heavy (non-hydrogen) atoms. The number of Topliss-reactive ketones (excluding diaryl/α,β-unsaturated/α-hetero) is 1. The number of halogens is 3. The summed E-state index contributed by atoms with van der Waals surface area (Å²) in [6, 6.07) is 15.4. The minimum Gasteiger partial charge on any atom is -0.361 e. The first-order chi connectivity index (χ1) is 15.5. The zero-order valence-electron chi connectivity index (χ0n) is 17.2. The molecule has 0 radical (unpaired) electrons. The molecule has 1 atom stereocenters. The maximum atomic E-state index is 13.3. The summed E-state index contributed by atoms with van der Waals surface area (Å²) in [7, 11) is -4.32. The number of nitrogens with one attached hydrogen (secondary N) is 1. The molecule has 6 nitrogen and oxygen atoms in total. The molecule has 1 N–H and O–H groups in total. The second kappa shape index (κ2) is 9.50. The van der Waals surface area contributed by atoms with Gasteiger partial charge in [0.05, 0.1) is 10.5 Å². The topological polar surface area (TPSA) is 99.6 Å². The first kappa shape index (κ1) is 24.1. The van der Waals surface area contributed by atoms with Crippen molar-refractivity contribution in [2.24, 2.45) is 0 Å². The number of hydrogen-bond acceptors (Lipinski definition) is 3. The Bertz CT molecular complexity index is 1320. The minimum atomic E-state index is -4.71. The van der Waals surface area contributed by atoms with E-state index in [1.54, 1.807) is 25.1 Å². The average Bonchev–Trinajstić information content (AvgIpc) is 2.79. The Kier molecular flexibility index (Phi) is 6.92. The van der Waals surface area contributed by atoms with Crippen molar-refractivity contribution in [3.05, 3.63) is 107 Å². The number of sulfonamides is 1. The highest BCUT2D eigenvalue weighted by Gasteiger charge is 2.38. The molecule has 170 valence electrons. The van der Waals surface area contributed by atoms with Gasteiger partial charge in [-0.1, -0.05) is 60.2 Å². The van der Waals surface area contributed by atoms with Gasteiger partial charge in [0.25, 0.3) is 5.78 Å². The monoisotopic (exact) mass is 473 g/mol. The van der Waals surface area contributed by atoms with Crippen LogP contribution in [0, 0.1) is 6.92 Å². The summed E-state index contributed by atoms with van der Waals surface area (Å²) < 4.78 is 68.1. The molecule has 0 saturated heterocycles. The molecule has 0 bridgehead atoms. The lowest BCUT2D eigenvalue weighted by Gasteiger charge is -2.17. The molecular weight excluding hydrogens is 455 g/mol. The van der Waals surface area contributed by atoms with Crippen LogP contribution in [0.4, 0.5) is 13.2 Å². The zero-order valence-corrected chi connectivity index (χ0v) is 18.1. The average molecular weight is 473 g/mol. The molecule has 0 aliphatic heterocycles. The first-order valence-electron chi connectivity index (χ1n) is 9.61. The standard InChI is InChI=1S/C23H18F3N3O3S/c1-15-10-12-19(13-11-15)33(31,32)29-20(17-8-5-9-18(14-17)23(24,25)26)21(28-27)22(30)16-6-3-2-4-7-16/h2-14,20,29H,1H3. The van der Waals surface area contributed by atoms with Gasteiger partial charge in [0.15, 0.2) is 6.04 Å². The molecule has 3 aromatic carbocycles. The van der Waals surface area contributed by atoms with Crippen LogP contribution in [0.5, 0.6) is 0 Å². The Hall–Kier alpha value is -3.59. The van der Waals surface area contributed by atoms with Crippen LogP contribution in [0.3, 0.4) is 0 Å². The van der Waals surface area contributed by atoms with Crippen molar-refractivity contribution in [1.29, 1.82) is 0 Å². The molecule has 0 amide bonds. The lowest BCUT2D eigenvalue weighted by Crippen LogP contribution is -2.38. The van der Waals surface area contributed by atoms with Gasteiger partial charge in [-0.25, -0.2) is 8.42 Å². The molecule has 0 aromatic heterocycles. The Labute approximate surface area is 188 Å². The molecule has 0 saturated carbocycles. The minimum absolute atomic E-state index is 0.0665. The maximum absolute atomic E-state index is 13.3. The number of benzene rings is 3. The predicted molar refractivity (Wildman–Crippen MR) is 115 cm³/mol. The van der Waals surface area contributed by atoms with Gasteiger partial charge in [-0.05, 0) is 36.8 Å². The third-order valence-corrected chi connectivity index (χ3v) is 6.24. The number of carbonyl (C=O) groups excluding carboxylic acids is 1. The number of nitrogens with zero attached hydrogens (tertiary/aromatic N) is 2. The van der Waals surface area contributed by atoms with Crippen LogP contribution in [-0.4, -0.2) is 24.7 Å². The lowest BCUT2D eigenvalue weighted by atomic mass is 9.95. The fourth-order valence-electron chi connectivity index (χ4n) is 3.09. The number of hydrogen-bond donors (Lipinski definition) is 1. The molecule has 10 heteroatoms. The van der Waals surface area contributed by atoms with Gasteiger partial charge in [-0.3, -0.25) is 4.79 Å². The van der Waals surface area contributed by atoms with Crippen LogP contribution in [0.1, 0.15) is 33.1 Å². The third kappa shape index (κ3) is 5.61. The van der Waals surface area contributed by atoms with Crippen LogP contribution >= 0.6 is 0 Å². The van der Waals surface area contributed by atoms with E-state index in [1.807, 2.05) is 0 Å². The van der Waals surface area contributed by atoms with Crippen molar-refractivity contribution in [3.63, 3.8) is 0 Å². The van der Waals surface area contributed by atoms with Crippen molar-refractivity contribution >= 4 is 21.5 Å². The van der Waals surface area contributed by atoms with Crippen molar-refractivity contribution in [2.75, 3.05) is 0 Å². The number of ketones is 1. The van der Waals surface area contributed by atoms with E-state index in [4.69, 9.17) is 0 Å². The van der Waals surface area contributed by atoms with Gasteiger partial charge in [0, 0.05) is 5.56 Å². The van der Waals surface area contributed by atoms with E-state index in [-0.39, 0.29) is 16.0 Å². The summed E-state index contributed by atoms with van der Waals surface area (Å²) in [5.41, 5.74) is 8.53. The van der Waals surface area contributed by atoms with E-state index in [9.17, 15) is 31.9 Å². The normalized spacial score (nSPS) is 12.6. The molecule has 0 aliphatic carbocycles. The van der Waals surface area contributed by atoms with E-state index in [0.29, 0.717) is 6.07 Å². The third-order valence-electron chi connectivity index (χ3n) is 4.80. The summed E-state index contributed by atoms with van der Waals surface area (Å²) in [5, 5.41) is 0. The number of alkyl halides is 3. The Morgan fingerprint density at radius 1 is 0.970 bits per heavy atom. The van der Waals surface area contributed by atoms with E-state index >= 15 is 0 Å². The molecule has 3 aromatic rings. The molecule has 0 spiro atoms. The van der Waals surface area contributed by atoms with Crippen LogP contribution in [0.15, 0.2) is 83.8 Å². The Morgan fingerprint density at radius 2 is 1.61 bits per heavy atom. The smallest absolute Gasteiger partial charge is 0.361 e. The molecule has 0 aliphatic rings. The van der Waals surface area contributed by atoms with Crippen LogP contribution in [0.2, 0.25) is 0 Å². The molecular formula is C23H18F3N3O3S. The fourth-order valence-corrected chi connectivity index (χ4v) is 4.28. The van der Waals surface area contributed by atoms with Crippen LogP contribution < -0.4 is 4.72 Å². The van der Waals surface area contributed by atoms with E-state index in [1.165, 1.54) is 42.5 Å². The summed E-state index contributed by atoms with van der Waals surface area (Å²) in [6.45, 7) is 1.75. The van der Waals surface area contributed by atoms with Crippen molar-refractivity contribution < 1.29 is 31.2 Å². The fraction of sp³-hybridized carbons (Fsp3) is 0.130. The molecule has 3 rings (SSSR count). The zero-order chi connectivity index (χ0) is 24.2. The van der Waals surface area contributed by atoms with Gasteiger partial charge in [0.2, 0.25) is 10.0 Å². The van der Waals surface area contributed by atoms with Crippen molar-refractivity contribution in [1.82, 2.24) is 4.72 Å². The highest BCUT2D eigenvalue weighted by Crippen LogP contribution is 2.31. The first-order valence-corrected chi connectivity index (χ1v) is 11.1. The van der Waals surface area contributed by atoms with Crippen LogP contribution in [-0.2, 0) is 16.2 Å². The number of rotatable bonds is 7. The Balaban J connectivity index is 2.13. The predicted octanol–water partition coefficient (Wildman–Crippen LogP) is 4.59. The molecule has 0 fully saturated rings. The summed E-state index contributed by atoms with van der Waals surface area (Å²) in [4.78, 5) is 15.8. The van der Waals surface area contributed by atoms with Crippen molar-refractivity contribution in [2.45, 2.75) is 24.0 Å². The molecule has 1 unspecified atom stereocenters. The SMILES string of the molecule is Cc1ccc(S(=O)(=O)NC(C(=[N+]=[N-])C(=O)c2ccccc2)c2cccc(C(F)(F)F)c2)cc1. The summed E-state index contributed by atoms with van der Waals surface area (Å²) >= 11 is 0. The molecule has 0 heterocycles. The van der Waals surface area contributed by atoms with Gasteiger partial charge >= 0.3 is 11.9 Å². The second-order valence-corrected chi connectivity index (χ2v) is 8.88. The highest BCUT2D eigenvalue weighted by molar-refractivity contribution is 7.89. The lowest BCUT2D eigenvalue weighted by molar-refractivity contribution is -0.137. The van der Waals surface area contributed by atoms with E-state index in [2.05, 4.69) is 9.51 Å². The number of carbonyl (C=O) groups is 1. The summed E-state index contributed by atoms with van der Waals surface area (Å²) in [5.74, 6) is -0.855. The van der Waals surface area contributed by atoms with Crippen LogP contribution in [0.25, 0.3) is 5.53 Å². The maximum Gasteiger partial charge on any atom is 0.416 e.